The lowest BCUT2D eigenvalue weighted by Crippen LogP contribution is -2.60. The Morgan fingerprint density at radius 1 is 1.07 bits per heavy atom. The normalized spacial score (nSPS) is 40.0. The Bertz CT molecular complexity index is 1540. The van der Waals surface area contributed by atoms with Crippen LogP contribution in [0.4, 0.5) is 0 Å². The highest BCUT2D eigenvalue weighted by Crippen LogP contribution is 2.61. The number of ketones is 2. The van der Waals surface area contributed by atoms with Gasteiger partial charge in [0.1, 0.15) is 0 Å². The van der Waals surface area contributed by atoms with E-state index in [0.29, 0.717) is 24.7 Å². The number of hydrogen-bond donors (Lipinski definition) is 6. The summed E-state index contributed by atoms with van der Waals surface area (Å²) in [5.74, 6) is -0.178. The molecular weight excluding hydrogens is 683 g/mol. The molecule has 4 aliphatic carbocycles. The van der Waals surface area contributed by atoms with Crippen LogP contribution in [0.25, 0.3) is 0 Å². The van der Waals surface area contributed by atoms with Crippen molar-refractivity contribution < 1.29 is 23.9 Å². The van der Waals surface area contributed by atoms with Crippen LogP contribution in [-0.4, -0.2) is 99.4 Å². The monoisotopic (exact) mass is 748 g/mol. The molecule has 298 valence electrons. The zero-order chi connectivity index (χ0) is 37.9. The van der Waals surface area contributed by atoms with Gasteiger partial charge in [0.2, 0.25) is 0 Å². The molecule has 10 atom stereocenters. The van der Waals surface area contributed by atoms with Gasteiger partial charge in [0.05, 0.1) is 12.8 Å². The van der Waals surface area contributed by atoms with Crippen molar-refractivity contribution in [3.8, 4) is 0 Å². The van der Waals surface area contributed by atoms with Crippen molar-refractivity contribution in [3.05, 3.63) is 35.5 Å². The van der Waals surface area contributed by atoms with Gasteiger partial charge in [-0.15, -0.1) is 0 Å². The van der Waals surface area contributed by atoms with Gasteiger partial charge in [0.15, 0.2) is 23.1 Å². The van der Waals surface area contributed by atoms with Crippen LogP contribution in [0, 0.1) is 29.6 Å². The van der Waals surface area contributed by atoms with Gasteiger partial charge in [-0.1, -0.05) is 49.6 Å². The molecule has 0 aromatic carbocycles. The quantitative estimate of drug-likeness (QED) is 0.0540. The molecule has 4 unspecified atom stereocenters. The number of allylic oxidation sites excluding steroid dienone is 3. The Hall–Kier alpha value is -2.90. The highest BCUT2D eigenvalue weighted by molar-refractivity contribution is 6.23. The van der Waals surface area contributed by atoms with Crippen molar-refractivity contribution >= 4 is 23.5 Å². The number of nitrogens with one attached hydrogen (secondary N) is 6. The number of aliphatic imine (C=N–C) groups is 1. The average molecular weight is 748 g/mol. The first-order chi connectivity index (χ1) is 26.2. The van der Waals surface area contributed by atoms with E-state index < -0.39 is 29.0 Å². The first-order valence-electron chi connectivity index (χ1n) is 21.0. The Labute approximate surface area is 321 Å². The number of carbonyl (C=O) groups is 3. The molecule has 3 aliphatic heterocycles. The minimum absolute atomic E-state index is 0.0730. The molecule has 0 bridgehead atoms. The van der Waals surface area contributed by atoms with E-state index in [9.17, 15) is 14.4 Å². The molecule has 0 spiro atoms. The van der Waals surface area contributed by atoms with Crippen molar-refractivity contribution in [2.24, 2.45) is 34.6 Å². The highest BCUT2D eigenvalue weighted by atomic mass is 16.7. The lowest BCUT2D eigenvalue weighted by molar-refractivity contribution is -0.160. The third-order valence-corrected chi connectivity index (χ3v) is 13.9. The summed E-state index contributed by atoms with van der Waals surface area (Å²) in [6, 6.07) is 0.0730. The molecule has 0 aromatic rings. The largest absolute Gasteiger partial charge is 0.463 e. The standard InChI is InChI=1S/C42H65N7O5/c1-5-45-34-22-29-12-7-6-11-28(29)21-30(34)25-53-38(52)42-37(51)33-14-9-8-13-32(33)36(50)41(42,54-42)18-15-27(2)24-40(17-10-19-47-39(44-4)49-40)31-16-20-46-35(23-31)48-26-43-3/h7,12,15,22,28,30-35,43,45-46,48H,5-6,8-11,13-14,16-21,23-26H2,1-4H3,(H2,44,47,49)/t28-,30-,31?,32?,33?,34-,35?,40+,41-,42-/m0/s1. The molecule has 6 N–H and O–H groups in total. The molecule has 0 aromatic heterocycles. The fraction of sp³-hybridized carbons (Fsp3) is 0.762. The fourth-order valence-corrected chi connectivity index (χ4v) is 11.0. The van der Waals surface area contributed by atoms with Gasteiger partial charge >= 0.3 is 5.97 Å². The summed E-state index contributed by atoms with van der Waals surface area (Å²) in [5, 5.41) is 21.3. The third kappa shape index (κ3) is 7.38. The molecule has 2 saturated carbocycles. The van der Waals surface area contributed by atoms with E-state index >= 15 is 0 Å². The smallest absolute Gasteiger partial charge is 0.350 e. The summed E-state index contributed by atoms with van der Waals surface area (Å²) in [5.41, 5.74) is -1.16. The van der Waals surface area contributed by atoms with Gasteiger partial charge in [-0.25, -0.2) is 4.79 Å². The number of guanidine groups is 1. The Balaban J connectivity index is 1.12. The van der Waals surface area contributed by atoms with E-state index in [2.05, 4.69) is 75.0 Å². The average Bonchev–Trinajstić information content (AvgIpc) is 3.95. The minimum atomic E-state index is -1.86. The molecule has 3 saturated heterocycles. The second-order valence-electron chi connectivity index (χ2n) is 17.1. The number of esters is 1. The van der Waals surface area contributed by atoms with E-state index in [0.717, 1.165) is 102 Å². The minimum Gasteiger partial charge on any atom is -0.463 e. The maximum atomic E-state index is 14.5. The number of piperidine rings is 1. The fourth-order valence-electron chi connectivity index (χ4n) is 11.0. The van der Waals surface area contributed by atoms with E-state index in [1.807, 2.05) is 14.1 Å². The van der Waals surface area contributed by atoms with Gasteiger partial charge in [-0.05, 0) is 109 Å². The van der Waals surface area contributed by atoms with E-state index in [1.54, 1.807) is 0 Å². The number of epoxide rings is 1. The predicted octanol–water partition coefficient (Wildman–Crippen LogP) is 3.40. The van der Waals surface area contributed by atoms with Gasteiger partial charge < -0.3 is 36.1 Å². The Kier molecular flexibility index (Phi) is 12.1. The topological polar surface area (TPSA) is 158 Å². The third-order valence-electron chi connectivity index (χ3n) is 13.9. The van der Waals surface area contributed by atoms with Crippen molar-refractivity contribution in [1.82, 2.24) is 31.9 Å². The summed E-state index contributed by atoms with van der Waals surface area (Å²) >= 11 is 0. The van der Waals surface area contributed by atoms with Crippen molar-refractivity contribution in [1.29, 1.82) is 0 Å². The molecular formula is C42H65N7O5. The molecule has 0 radical (unpaired) electrons. The van der Waals surface area contributed by atoms with Crippen LogP contribution >= 0.6 is 0 Å². The molecule has 7 aliphatic rings. The molecule has 12 nitrogen and oxygen atoms in total. The highest BCUT2D eigenvalue weighted by Gasteiger charge is 2.87. The van der Waals surface area contributed by atoms with Crippen LogP contribution in [-0.2, 0) is 23.9 Å². The summed E-state index contributed by atoms with van der Waals surface area (Å²) < 4.78 is 12.6. The lowest BCUT2D eigenvalue weighted by atomic mass is 9.61. The summed E-state index contributed by atoms with van der Waals surface area (Å²) in [6.45, 7) is 7.68. The number of carbonyl (C=O) groups excluding carboxylic acids is 3. The van der Waals surface area contributed by atoms with Crippen LogP contribution in [0.15, 0.2) is 40.4 Å². The first kappa shape index (κ1) is 39.3. The van der Waals surface area contributed by atoms with Crippen molar-refractivity contribution in [2.45, 2.75) is 126 Å². The maximum absolute atomic E-state index is 14.5. The Morgan fingerprint density at radius 2 is 1.89 bits per heavy atom. The zero-order valence-corrected chi connectivity index (χ0v) is 33.1. The van der Waals surface area contributed by atoms with E-state index in [-0.39, 0.29) is 48.3 Å². The molecule has 54 heavy (non-hydrogen) atoms. The van der Waals surface area contributed by atoms with Crippen LogP contribution in [0.2, 0.25) is 0 Å². The second kappa shape index (κ2) is 16.7. The maximum Gasteiger partial charge on any atom is 0.350 e. The van der Waals surface area contributed by atoms with Crippen molar-refractivity contribution in [3.63, 3.8) is 0 Å². The SMILES string of the molecule is CCN[C@H]1C=C2C=CCC[C@H]2C[C@H]1COC(=O)[C@]12O[C@@]1(CC=C(C)C[C@@]1(C3CCNC(NCNC)C3)CCCNC(=NC)N1)C(=O)C1CCCCC1C2=O. The van der Waals surface area contributed by atoms with Crippen LogP contribution in [0.1, 0.15) is 97.3 Å². The van der Waals surface area contributed by atoms with Crippen LogP contribution < -0.4 is 31.9 Å². The number of rotatable bonds is 13. The molecule has 0 amide bonds. The molecule has 3 heterocycles. The molecule has 7 rings (SSSR count). The number of likely N-dealkylation sites (N-methyl/N-ethyl adjacent to an activating group) is 1. The van der Waals surface area contributed by atoms with Crippen LogP contribution in [0.5, 0.6) is 0 Å². The van der Waals surface area contributed by atoms with E-state index in [1.165, 1.54) is 5.57 Å². The summed E-state index contributed by atoms with van der Waals surface area (Å²) in [7, 11) is 3.76. The molecule has 5 fully saturated rings. The van der Waals surface area contributed by atoms with E-state index in [4.69, 9.17) is 9.47 Å². The van der Waals surface area contributed by atoms with Gasteiger partial charge in [-0.2, -0.15) is 0 Å². The number of nitrogens with zero attached hydrogens (tertiary/aromatic N) is 1. The van der Waals surface area contributed by atoms with Crippen molar-refractivity contribution in [2.75, 3.05) is 47.0 Å². The van der Waals surface area contributed by atoms with Crippen LogP contribution in [0.3, 0.4) is 0 Å². The summed E-state index contributed by atoms with van der Waals surface area (Å²) in [4.78, 5) is 48.0. The zero-order valence-electron chi connectivity index (χ0n) is 33.1. The predicted molar refractivity (Wildman–Crippen MR) is 210 cm³/mol. The number of hydrogen-bond acceptors (Lipinski definition) is 10. The lowest BCUT2D eigenvalue weighted by Gasteiger charge is -2.46. The van der Waals surface area contributed by atoms with Gasteiger partial charge in [0.25, 0.3) is 5.60 Å². The number of Topliss-reactive ketones (excluding diaryl/α,β-unsaturated/α-hetero) is 2. The summed E-state index contributed by atoms with van der Waals surface area (Å²) in [6.07, 6.45) is 20.1. The van der Waals surface area contributed by atoms with Gasteiger partial charge in [-0.3, -0.25) is 19.9 Å². The number of ether oxygens (including phenoxy) is 2. The Morgan fingerprint density at radius 3 is 2.67 bits per heavy atom. The number of fused-ring (bicyclic) bond motifs is 3. The second-order valence-corrected chi connectivity index (χ2v) is 17.1. The first-order valence-corrected chi connectivity index (χ1v) is 21.0. The van der Waals surface area contributed by atoms with Gasteiger partial charge in [0, 0.05) is 56.0 Å². The molecule has 12 heteroatoms.